The number of ether oxygens (including phenoxy) is 2. The van der Waals surface area contributed by atoms with Crippen molar-refractivity contribution in [3.8, 4) is 11.5 Å². The van der Waals surface area contributed by atoms with Crippen LogP contribution in [-0.4, -0.2) is 46.7 Å². The highest BCUT2D eigenvalue weighted by Crippen LogP contribution is 2.29. The summed E-state index contributed by atoms with van der Waals surface area (Å²) in [6, 6.07) is 5.40. The third-order valence-electron chi connectivity index (χ3n) is 2.57. The zero-order valence-corrected chi connectivity index (χ0v) is 14.8. The minimum absolute atomic E-state index is 0. The highest BCUT2D eigenvalue weighted by Gasteiger charge is 2.06. The van der Waals surface area contributed by atoms with Gasteiger partial charge in [-0.3, -0.25) is 9.79 Å². The van der Waals surface area contributed by atoms with E-state index in [2.05, 4.69) is 20.9 Å². The van der Waals surface area contributed by atoms with Crippen LogP contribution in [0.4, 0.5) is 5.69 Å². The lowest BCUT2D eigenvalue weighted by Gasteiger charge is -2.13. The molecule has 1 aromatic rings. The van der Waals surface area contributed by atoms with Crippen molar-refractivity contribution in [2.24, 2.45) is 4.99 Å². The van der Waals surface area contributed by atoms with Gasteiger partial charge in [-0.15, -0.1) is 24.0 Å². The second-order valence-corrected chi connectivity index (χ2v) is 3.79. The number of amides is 1. The number of methoxy groups -OCH3 is 2. The van der Waals surface area contributed by atoms with Crippen LogP contribution >= 0.6 is 24.0 Å². The van der Waals surface area contributed by atoms with E-state index >= 15 is 0 Å². The van der Waals surface area contributed by atoms with E-state index in [1.807, 2.05) is 6.07 Å². The molecule has 0 saturated heterocycles. The normalized spacial score (nSPS) is 10.2. The van der Waals surface area contributed by atoms with Crippen molar-refractivity contribution in [2.75, 3.05) is 40.2 Å². The Morgan fingerprint density at radius 3 is 2.43 bits per heavy atom. The summed E-state index contributed by atoms with van der Waals surface area (Å²) in [5.41, 5.74) is 0.771. The van der Waals surface area contributed by atoms with Crippen LogP contribution in [0.15, 0.2) is 23.2 Å². The number of nitrogens with zero attached hydrogens (tertiary/aromatic N) is 1. The number of benzene rings is 1. The van der Waals surface area contributed by atoms with Crippen molar-refractivity contribution < 1.29 is 14.3 Å². The Kier molecular flexibility index (Phi) is 9.26. The van der Waals surface area contributed by atoms with Crippen LogP contribution in [0.5, 0.6) is 11.5 Å². The molecule has 0 aliphatic heterocycles. The van der Waals surface area contributed by atoms with Gasteiger partial charge in [0, 0.05) is 25.8 Å². The molecule has 8 heteroatoms. The summed E-state index contributed by atoms with van der Waals surface area (Å²) < 4.78 is 10.4. The van der Waals surface area contributed by atoms with Gasteiger partial charge in [0.25, 0.3) is 0 Å². The van der Waals surface area contributed by atoms with Gasteiger partial charge in [-0.2, -0.15) is 0 Å². The molecular formula is C13H21IN4O3. The number of likely N-dealkylation sites (N-methyl/N-ethyl adjacent to an activating group) is 1. The molecular weight excluding hydrogens is 387 g/mol. The largest absolute Gasteiger partial charge is 0.493 e. The van der Waals surface area contributed by atoms with Crippen LogP contribution in [0.2, 0.25) is 0 Å². The fraction of sp³-hybridized carbons (Fsp3) is 0.385. The summed E-state index contributed by atoms with van der Waals surface area (Å²) in [6.07, 6.45) is 0. The molecule has 0 aliphatic rings. The van der Waals surface area contributed by atoms with Crippen LogP contribution in [-0.2, 0) is 4.79 Å². The Morgan fingerprint density at radius 1 is 1.24 bits per heavy atom. The van der Waals surface area contributed by atoms with E-state index in [9.17, 15) is 4.79 Å². The zero-order chi connectivity index (χ0) is 15.0. The van der Waals surface area contributed by atoms with Gasteiger partial charge < -0.3 is 25.4 Å². The van der Waals surface area contributed by atoms with Gasteiger partial charge in [0.05, 0.1) is 20.8 Å². The van der Waals surface area contributed by atoms with Crippen LogP contribution in [0.1, 0.15) is 0 Å². The van der Waals surface area contributed by atoms with E-state index in [-0.39, 0.29) is 36.4 Å². The average Bonchev–Trinajstić information content (AvgIpc) is 2.50. The van der Waals surface area contributed by atoms with Gasteiger partial charge in [-0.25, -0.2) is 0 Å². The maximum Gasteiger partial charge on any atom is 0.239 e. The molecule has 1 rings (SSSR count). The number of nitrogens with one attached hydrogen (secondary N) is 3. The molecule has 7 nitrogen and oxygen atoms in total. The first-order valence-electron chi connectivity index (χ1n) is 6.04. The number of rotatable bonds is 5. The molecule has 0 spiro atoms. The Morgan fingerprint density at radius 2 is 1.90 bits per heavy atom. The molecule has 0 heterocycles. The van der Waals surface area contributed by atoms with Crippen molar-refractivity contribution in [2.45, 2.75) is 0 Å². The summed E-state index contributed by atoms with van der Waals surface area (Å²) in [5.74, 6) is 1.62. The van der Waals surface area contributed by atoms with Gasteiger partial charge in [0.15, 0.2) is 17.5 Å². The zero-order valence-electron chi connectivity index (χ0n) is 12.5. The number of hydrogen-bond acceptors (Lipinski definition) is 4. The van der Waals surface area contributed by atoms with Crippen molar-refractivity contribution in [3.63, 3.8) is 0 Å². The third kappa shape index (κ3) is 6.06. The number of carbonyl (C=O) groups excluding carboxylic acids is 1. The minimum atomic E-state index is -0.125. The SMILES string of the molecule is CN=C(NCC(=O)NC)Nc1ccc(OC)c(OC)c1.I. The molecule has 0 aliphatic carbocycles. The van der Waals surface area contributed by atoms with Crippen LogP contribution in [0.3, 0.4) is 0 Å². The number of hydrogen-bond donors (Lipinski definition) is 3. The molecule has 0 fully saturated rings. The maximum atomic E-state index is 11.2. The van der Waals surface area contributed by atoms with E-state index in [4.69, 9.17) is 9.47 Å². The van der Waals surface area contributed by atoms with E-state index in [1.165, 1.54) is 0 Å². The maximum absolute atomic E-state index is 11.2. The summed E-state index contributed by atoms with van der Waals surface area (Å²) in [6.45, 7) is 0.142. The topological polar surface area (TPSA) is 84.0 Å². The molecule has 0 saturated carbocycles. The predicted octanol–water partition coefficient (Wildman–Crippen LogP) is 1.06. The Bertz CT molecular complexity index is 494. The lowest BCUT2D eigenvalue weighted by Crippen LogP contribution is -2.38. The summed E-state index contributed by atoms with van der Waals surface area (Å²) in [4.78, 5) is 15.2. The molecule has 1 aromatic carbocycles. The average molecular weight is 408 g/mol. The Balaban J connectivity index is 0.00000400. The number of anilines is 1. The van der Waals surface area contributed by atoms with Gasteiger partial charge >= 0.3 is 0 Å². The molecule has 21 heavy (non-hydrogen) atoms. The predicted molar refractivity (Wildman–Crippen MR) is 94.0 cm³/mol. The third-order valence-corrected chi connectivity index (χ3v) is 2.57. The fourth-order valence-electron chi connectivity index (χ4n) is 1.48. The molecule has 118 valence electrons. The van der Waals surface area contributed by atoms with Crippen molar-refractivity contribution in [1.82, 2.24) is 10.6 Å². The second kappa shape index (κ2) is 10.1. The van der Waals surface area contributed by atoms with E-state index < -0.39 is 0 Å². The van der Waals surface area contributed by atoms with Crippen LogP contribution in [0.25, 0.3) is 0 Å². The van der Waals surface area contributed by atoms with Gasteiger partial charge in [-0.05, 0) is 12.1 Å². The smallest absolute Gasteiger partial charge is 0.239 e. The first-order valence-corrected chi connectivity index (χ1v) is 6.04. The first-order chi connectivity index (χ1) is 9.64. The lowest BCUT2D eigenvalue weighted by atomic mass is 10.3. The quantitative estimate of drug-likeness (QED) is 0.386. The summed E-state index contributed by atoms with van der Waals surface area (Å²) in [5, 5.41) is 8.47. The van der Waals surface area contributed by atoms with Crippen LogP contribution in [0, 0.1) is 0 Å². The molecule has 0 aromatic heterocycles. The van der Waals surface area contributed by atoms with Gasteiger partial charge in [0.1, 0.15) is 0 Å². The van der Waals surface area contributed by atoms with E-state index in [1.54, 1.807) is 40.4 Å². The monoisotopic (exact) mass is 408 g/mol. The number of aliphatic imine (C=N–C) groups is 1. The Labute approximate surface area is 141 Å². The highest BCUT2D eigenvalue weighted by atomic mass is 127. The van der Waals surface area contributed by atoms with E-state index in [0.717, 1.165) is 5.69 Å². The number of guanidine groups is 1. The van der Waals surface area contributed by atoms with Crippen molar-refractivity contribution in [3.05, 3.63) is 18.2 Å². The van der Waals surface area contributed by atoms with Gasteiger partial charge in [0.2, 0.25) is 5.91 Å². The fourth-order valence-corrected chi connectivity index (χ4v) is 1.48. The molecule has 0 bridgehead atoms. The molecule has 0 unspecified atom stereocenters. The molecule has 1 amide bonds. The minimum Gasteiger partial charge on any atom is -0.493 e. The Hall–Kier alpha value is -1.71. The molecule has 3 N–H and O–H groups in total. The highest BCUT2D eigenvalue weighted by molar-refractivity contribution is 14.0. The first kappa shape index (κ1) is 19.3. The summed E-state index contributed by atoms with van der Waals surface area (Å²) in [7, 11) is 6.35. The number of halogens is 1. The molecule has 0 radical (unpaired) electrons. The van der Waals surface area contributed by atoms with Crippen molar-refractivity contribution in [1.29, 1.82) is 0 Å². The second-order valence-electron chi connectivity index (χ2n) is 3.79. The lowest BCUT2D eigenvalue weighted by molar-refractivity contribution is -0.119. The van der Waals surface area contributed by atoms with Crippen molar-refractivity contribution >= 4 is 41.5 Å². The summed E-state index contributed by atoms with van der Waals surface area (Å²) >= 11 is 0. The number of carbonyl (C=O) groups is 1. The standard InChI is InChI=1S/C13H20N4O3.HI/c1-14-12(18)8-16-13(15-2)17-9-5-6-10(19-3)11(7-9)20-4;/h5-7H,8H2,1-4H3,(H,14,18)(H2,15,16,17);1H. The molecule has 0 atom stereocenters. The van der Waals surface area contributed by atoms with Gasteiger partial charge in [-0.1, -0.05) is 0 Å². The van der Waals surface area contributed by atoms with Crippen LogP contribution < -0.4 is 25.4 Å². The van der Waals surface area contributed by atoms with E-state index in [0.29, 0.717) is 17.5 Å².